The fourth-order valence-corrected chi connectivity index (χ4v) is 1.39. The molecule has 0 atom stereocenters. The number of hydrogen-bond acceptors (Lipinski definition) is 5. The van der Waals surface area contributed by atoms with E-state index in [1.165, 1.54) is 6.07 Å². The Morgan fingerprint density at radius 2 is 2.11 bits per heavy atom. The summed E-state index contributed by atoms with van der Waals surface area (Å²) in [5, 5.41) is 10.9. The Kier molecular flexibility index (Phi) is 5.54. The van der Waals surface area contributed by atoms with E-state index in [2.05, 4.69) is 0 Å². The first-order valence-electron chi connectivity index (χ1n) is 5.76. The van der Waals surface area contributed by atoms with Crippen LogP contribution in [-0.4, -0.2) is 24.2 Å². The molecule has 0 saturated heterocycles. The predicted octanol–water partition coefficient (Wildman–Crippen LogP) is 1.86. The molecule has 0 bridgehead atoms. The van der Waals surface area contributed by atoms with Gasteiger partial charge >= 0.3 is 5.69 Å². The van der Waals surface area contributed by atoms with E-state index in [0.29, 0.717) is 12.2 Å². The molecule has 1 aromatic carbocycles. The van der Waals surface area contributed by atoms with Crippen molar-refractivity contribution in [3.63, 3.8) is 0 Å². The molecular formula is C12H18N2O4. The quantitative estimate of drug-likeness (QED) is 0.456. The van der Waals surface area contributed by atoms with E-state index in [9.17, 15) is 10.1 Å². The van der Waals surface area contributed by atoms with Crippen molar-refractivity contribution >= 4 is 5.69 Å². The summed E-state index contributed by atoms with van der Waals surface area (Å²) in [6.45, 7) is 4.77. The van der Waals surface area contributed by atoms with Gasteiger partial charge in [-0.25, -0.2) is 0 Å². The molecule has 18 heavy (non-hydrogen) atoms. The fraction of sp³-hybridized carbons (Fsp3) is 0.500. The minimum Gasteiger partial charge on any atom is -0.484 e. The van der Waals surface area contributed by atoms with Crippen molar-refractivity contribution in [3.8, 4) is 5.75 Å². The molecule has 0 spiro atoms. The summed E-state index contributed by atoms with van der Waals surface area (Å²) in [7, 11) is 0. The van der Waals surface area contributed by atoms with Gasteiger partial charge in [0.15, 0.2) is 5.75 Å². The summed E-state index contributed by atoms with van der Waals surface area (Å²) in [4.78, 5) is 10.4. The van der Waals surface area contributed by atoms with Crippen LogP contribution in [0.1, 0.15) is 19.4 Å². The van der Waals surface area contributed by atoms with Crippen LogP contribution in [0.25, 0.3) is 0 Å². The van der Waals surface area contributed by atoms with Crippen molar-refractivity contribution in [3.05, 3.63) is 33.9 Å². The number of nitro benzene ring substituents is 1. The zero-order valence-electron chi connectivity index (χ0n) is 10.6. The normalized spacial score (nSPS) is 10.7. The van der Waals surface area contributed by atoms with E-state index in [0.717, 1.165) is 0 Å². The van der Waals surface area contributed by atoms with Crippen molar-refractivity contribution in [1.29, 1.82) is 0 Å². The Hall–Kier alpha value is -1.66. The van der Waals surface area contributed by atoms with Gasteiger partial charge in [-0.2, -0.15) is 0 Å². The molecule has 100 valence electrons. The van der Waals surface area contributed by atoms with Crippen LogP contribution in [0.5, 0.6) is 5.75 Å². The van der Waals surface area contributed by atoms with Gasteiger partial charge in [0.1, 0.15) is 6.61 Å². The van der Waals surface area contributed by atoms with Crippen LogP contribution in [0.4, 0.5) is 5.69 Å². The molecular weight excluding hydrogens is 236 g/mol. The summed E-state index contributed by atoms with van der Waals surface area (Å²) in [6, 6.07) is 4.71. The summed E-state index contributed by atoms with van der Waals surface area (Å²) in [5.41, 5.74) is 6.07. The third kappa shape index (κ3) is 4.31. The van der Waals surface area contributed by atoms with Gasteiger partial charge in [-0.1, -0.05) is 6.07 Å². The molecule has 6 nitrogen and oxygen atoms in total. The third-order valence-corrected chi connectivity index (χ3v) is 2.25. The molecule has 0 aliphatic heterocycles. The monoisotopic (exact) mass is 254 g/mol. The van der Waals surface area contributed by atoms with Crippen LogP contribution in [0.2, 0.25) is 0 Å². The maximum absolute atomic E-state index is 10.9. The molecule has 0 amide bonds. The van der Waals surface area contributed by atoms with E-state index in [-0.39, 0.29) is 30.7 Å². The molecule has 6 heteroatoms. The zero-order chi connectivity index (χ0) is 13.5. The molecule has 0 fully saturated rings. The third-order valence-electron chi connectivity index (χ3n) is 2.25. The van der Waals surface area contributed by atoms with Crippen molar-refractivity contribution in [2.75, 3.05) is 13.2 Å². The molecule has 2 N–H and O–H groups in total. The Labute approximate surface area is 106 Å². The Balaban J connectivity index is 2.67. The molecule has 0 saturated carbocycles. The molecule has 1 aromatic rings. The summed E-state index contributed by atoms with van der Waals surface area (Å²) in [6.07, 6.45) is 0.114. The summed E-state index contributed by atoms with van der Waals surface area (Å²) < 4.78 is 10.6. The number of benzene rings is 1. The molecule has 0 radical (unpaired) electrons. The summed E-state index contributed by atoms with van der Waals surface area (Å²) >= 11 is 0. The van der Waals surface area contributed by atoms with E-state index < -0.39 is 4.92 Å². The van der Waals surface area contributed by atoms with Crippen LogP contribution in [0.3, 0.4) is 0 Å². The predicted molar refractivity (Wildman–Crippen MR) is 67.6 cm³/mol. The molecule has 0 aliphatic carbocycles. The standard InChI is InChI=1S/C12H18N2O4/c1-9(2)17-5-6-18-12-4-3-10(8-13)7-11(12)14(15)16/h3-4,7,9H,5-6,8,13H2,1-2H3. The van der Waals surface area contributed by atoms with Crippen molar-refractivity contribution < 1.29 is 14.4 Å². The smallest absolute Gasteiger partial charge is 0.311 e. The second-order valence-corrected chi connectivity index (χ2v) is 4.03. The number of rotatable bonds is 7. The van der Waals surface area contributed by atoms with Crippen LogP contribution < -0.4 is 10.5 Å². The van der Waals surface area contributed by atoms with E-state index in [1.54, 1.807) is 12.1 Å². The summed E-state index contributed by atoms with van der Waals surface area (Å²) in [5.74, 6) is 0.240. The van der Waals surface area contributed by atoms with E-state index in [4.69, 9.17) is 15.2 Å². The van der Waals surface area contributed by atoms with Gasteiger partial charge in [-0.05, 0) is 25.5 Å². The van der Waals surface area contributed by atoms with Gasteiger partial charge in [-0.3, -0.25) is 10.1 Å². The zero-order valence-corrected chi connectivity index (χ0v) is 10.6. The maximum atomic E-state index is 10.9. The molecule has 0 aromatic heterocycles. The largest absolute Gasteiger partial charge is 0.484 e. The highest BCUT2D eigenvalue weighted by atomic mass is 16.6. The van der Waals surface area contributed by atoms with Crippen molar-refractivity contribution in [2.24, 2.45) is 5.73 Å². The number of nitrogens with two attached hydrogens (primary N) is 1. The van der Waals surface area contributed by atoms with Gasteiger partial charge in [0.05, 0.1) is 17.6 Å². The lowest BCUT2D eigenvalue weighted by atomic mass is 10.2. The molecule has 0 aliphatic rings. The first kappa shape index (κ1) is 14.4. The van der Waals surface area contributed by atoms with E-state index >= 15 is 0 Å². The lowest BCUT2D eigenvalue weighted by Crippen LogP contribution is -2.12. The van der Waals surface area contributed by atoms with E-state index in [1.807, 2.05) is 13.8 Å². The lowest BCUT2D eigenvalue weighted by Gasteiger charge is -2.10. The topological polar surface area (TPSA) is 87.6 Å². The molecule has 1 rings (SSSR count). The van der Waals surface area contributed by atoms with Gasteiger partial charge in [0.25, 0.3) is 0 Å². The first-order chi connectivity index (χ1) is 8.54. The van der Waals surface area contributed by atoms with Gasteiger partial charge in [-0.15, -0.1) is 0 Å². The van der Waals surface area contributed by atoms with Gasteiger partial charge in [0.2, 0.25) is 0 Å². The first-order valence-corrected chi connectivity index (χ1v) is 5.76. The Morgan fingerprint density at radius 1 is 1.39 bits per heavy atom. The van der Waals surface area contributed by atoms with Crippen LogP contribution in [0, 0.1) is 10.1 Å². The van der Waals surface area contributed by atoms with Gasteiger partial charge in [0, 0.05) is 12.6 Å². The highest BCUT2D eigenvalue weighted by Gasteiger charge is 2.15. The Morgan fingerprint density at radius 3 is 2.67 bits per heavy atom. The SMILES string of the molecule is CC(C)OCCOc1ccc(CN)cc1[N+](=O)[O-]. The molecule has 0 heterocycles. The minimum absolute atomic E-state index is 0.0671. The van der Waals surface area contributed by atoms with Gasteiger partial charge < -0.3 is 15.2 Å². The van der Waals surface area contributed by atoms with Crippen LogP contribution >= 0.6 is 0 Å². The van der Waals surface area contributed by atoms with Crippen LogP contribution in [0.15, 0.2) is 18.2 Å². The highest BCUT2D eigenvalue weighted by Crippen LogP contribution is 2.27. The van der Waals surface area contributed by atoms with Crippen LogP contribution in [-0.2, 0) is 11.3 Å². The highest BCUT2D eigenvalue weighted by molar-refractivity contribution is 5.48. The minimum atomic E-state index is -0.474. The van der Waals surface area contributed by atoms with Crippen molar-refractivity contribution in [1.82, 2.24) is 0 Å². The lowest BCUT2D eigenvalue weighted by molar-refractivity contribution is -0.386. The second-order valence-electron chi connectivity index (χ2n) is 4.03. The number of ether oxygens (including phenoxy) is 2. The average Bonchev–Trinajstić information content (AvgIpc) is 2.34. The number of nitro groups is 1. The molecule has 0 unspecified atom stereocenters. The van der Waals surface area contributed by atoms with Crippen molar-refractivity contribution in [2.45, 2.75) is 26.5 Å². The second kappa shape index (κ2) is 6.93. The number of hydrogen-bond donors (Lipinski definition) is 1. The number of nitrogens with zero attached hydrogens (tertiary/aromatic N) is 1. The fourth-order valence-electron chi connectivity index (χ4n) is 1.39. The average molecular weight is 254 g/mol. The maximum Gasteiger partial charge on any atom is 0.311 e. The Bertz CT molecular complexity index is 407.